The summed E-state index contributed by atoms with van der Waals surface area (Å²) < 4.78 is 4.83. The number of benzene rings is 4. The van der Waals surface area contributed by atoms with E-state index >= 15 is 0 Å². The summed E-state index contributed by atoms with van der Waals surface area (Å²) in [6.07, 6.45) is 7.04. The Bertz CT molecular complexity index is 2040. The minimum atomic E-state index is -1.06. The van der Waals surface area contributed by atoms with Gasteiger partial charge in [0.15, 0.2) is 11.5 Å². The average molecular weight is 671 g/mol. The second kappa shape index (κ2) is 19.3. The van der Waals surface area contributed by atoms with Gasteiger partial charge < -0.3 is 45.3 Å². The molecule has 0 bridgehead atoms. The number of aromatic hydroxyl groups is 5. The minimum Gasteiger partial charge on any atom is -0.508 e. The summed E-state index contributed by atoms with van der Waals surface area (Å²) in [4.78, 5) is 41.1. The van der Waals surface area contributed by atoms with E-state index in [4.69, 9.17) is 40.2 Å². The molecule has 1 heterocycles. The number of carboxylic acids is 3. The number of carbonyl (C=O) groups is 3. The Labute approximate surface area is 277 Å². The fraction of sp³-hybridized carbons (Fsp3) is 0. The van der Waals surface area contributed by atoms with Gasteiger partial charge in [-0.2, -0.15) is 0 Å². The Hall–Kier alpha value is -7.28. The van der Waals surface area contributed by atoms with Crippen LogP contribution in [0.3, 0.4) is 0 Å². The van der Waals surface area contributed by atoms with Crippen molar-refractivity contribution in [3.63, 3.8) is 0 Å². The van der Waals surface area contributed by atoms with Crippen molar-refractivity contribution in [2.45, 2.75) is 0 Å². The monoisotopic (exact) mass is 670 g/mol. The predicted molar refractivity (Wildman–Crippen MR) is 180 cm³/mol. The molecule has 252 valence electrons. The van der Waals surface area contributed by atoms with Crippen LogP contribution in [0.2, 0.25) is 0 Å². The molecule has 0 atom stereocenters. The topological polar surface area (TPSA) is 243 Å². The van der Waals surface area contributed by atoms with Gasteiger partial charge in [-0.15, -0.1) is 0 Å². The van der Waals surface area contributed by atoms with Gasteiger partial charge in [0.1, 0.15) is 22.8 Å². The minimum absolute atomic E-state index is 0.0787. The van der Waals surface area contributed by atoms with Crippen LogP contribution in [0.15, 0.2) is 125 Å². The zero-order valence-electron chi connectivity index (χ0n) is 25.3. The lowest BCUT2D eigenvalue weighted by Crippen LogP contribution is -1.93. The van der Waals surface area contributed by atoms with Gasteiger partial charge in [-0.1, -0.05) is 36.4 Å². The Balaban J connectivity index is 0.000000227. The maximum atomic E-state index is 10.7. The summed E-state index contributed by atoms with van der Waals surface area (Å²) in [5, 5.41) is 70.9. The number of hydrogen-bond donors (Lipinski definition) is 8. The van der Waals surface area contributed by atoms with Gasteiger partial charge in [-0.3, -0.25) is 0 Å². The van der Waals surface area contributed by atoms with E-state index in [1.54, 1.807) is 48.5 Å². The zero-order valence-corrected chi connectivity index (χ0v) is 25.3. The molecule has 8 N–H and O–H groups in total. The summed E-state index contributed by atoms with van der Waals surface area (Å²) >= 11 is 0. The van der Waals surface area contributed by atoms with Crippen molar-refractivity contribution >= 4 is 47.1 Å². The molecule has 49 heavy (non-hydrogen) atoms. The first-order chi connectivity index (χ1) is 23.2. The van der Waals surface area contributed by atoms with E-state index < -0.39 is 23.5 Å². The van der Waals surface area contributed by atoms with Crippen LogP contribution in [0, 0.1) is 0 Å². The average Bonchev–Trinajstić information content (AvgIpc) is 3.04. The number of aliphatic carboxylic acids is 3. The molecule has 0 fully saturated rings. The number of fused-ring (bicyclic) bond motifs is 1. The van der Waals surface area contributed by atoms with Gasteiger partial charge >= 0.3 is 23.5 Å². The van der Waals surface area contributed by atoms with Crippen LogP contribution in [-0.2, 0) is 14.4 Å². The van der Waals surface area contributed by atoms with Crippen LogP contribution >= 0.6 is 0 Å². The zero-order chi connectivity index (χ0) is 36.3. The molecule has 5 aromatic rings. The molecule has 0 unspecified atom stereocenters. The molecular formula is C36H30O13. The van der Waals surface area contributed by atoms with Crippen LogP contribution in [-0.4, -0.2) is 58.8 Å². The highest BCUT2D eigenvalue weighted by Gasteiger charge is 1.99. The first kappa shape index (κ1) is 37.9. The lowest BCUT2D eigenvalue weighted by molar-refractivity contribution is -0.132. The van der Waals surface area contributed by atoms with E-state index in [1.807, 2.05) is 0 Å². The van der Waals surface area contributed by atoms with E-state index in [-0.39, 0.29) is 28.7 Å². The third-order valence-electron chi connectivity index (χ3n) is 5.66. The Morgan fingerprint density at radius 1 is 0.510 bits per heavy atom. The van der Waals surface area contributed by atoms with Crippen molar-refractivity contribution in [1.29, 1.82) is 0 Å². The number of para-hydroxylation sites is 1. The number of phenolic OH excluding ortho intramolecular Hbond substituents is 5. The summed E-state index contributed by atoms with van der Waals surface area (Å²) in [5.74, 6) is -3.29. The second-order valence-electron chi connectivity index (χ2n) is 9.39. The van der Waals surface area contributed by atoms with E-state index in [0.29, 0.717) is 22.3 Å². The Morgan fingerprint density at radius 3 is 1.67 bits per heavy atom. The van der Waals surface area contributed by atoms with Crippen molar-refractivity contribution < 1.29 is 59.7 Å². The SMILES string of the molecule is O=C(O)C=Cc1ccc(O)c(O)c1.O=C(O)C=Cc1cccc(O)c1.O=C(O)C=Cc1ccccc1O.O=c1ccc2ccc(O)cc2o1. The van der Waals surface area contributed by atoms with E-state index in [0.717, 1.165) is 23.6 Å². The number of phenols is 5. The summed E-state index contributed by atoms with van der Waals surface area (Å²) in [6, 6.07) is 24.6. The quantitative estimate of drug-likeness (QED) is 0.0617. The maximum Gasteiger partial charge on any atom is 0.336 e. The smallest absolute Gasteiger partial charge is 0.336 e. The number of hydrogen-bond acceptors (Lipinski definition) is 10. The molecule has 1 aromatic heterocycles. The van der Waals surface area contributed by atoms with Gasteiger partial charge in [0.05, 0.1) is 0 Å². The molecule has 4 aromatic carbocycles. The lowest BCUT2D eigenvalue weighted by Gasteiger charge is -1.97. The molecule has 0 saturated carbocycles. The van der Waals surface area contributed by atoms with E-state index in [2.05, 4.69) is 0 Å². The molecule has 0 aliphatic rings. The van der Waals surface area contributed by atoms with E-state index in [1.165, 1.54) is 66.8 Å². The fourth-order valence-electron chi connectivity index (χ4n) is 3.45. The third-order valence-corrected chi connectivity index (χ3v) is 5.66. The van der Waals surface area contributed by atoms with E-state index in [9.17, 15) is 24.3 Å². The predicted octanol–water partition coefficient (Wildman–Crippen LogP) is 5.67. The molecular weight excluding hydrogens is 640 g/mol. The summed E-state index contributed by atoms with van der Waals surface area (Å²) in [7, 11) is 0. The lowest BCUT2D eigenvalue weighted by atomic mass is 10.2. The van der Waals surface area contributed by atoms with Crippen LogP contribution in [0.25, 0.3) is 29.2 Å². The van der Waals surface area contributed by atoms with Gasteiger partial charge in [0.2, 0.25) is 0 Å². The molecule has 0 amide bonds. The summed E-state index contributed by atoms with van der Waals surface area (Å²) in [6.45, 7) is 0. The molecule has 0 aliphatic carbocycles. The van der Waals surface area contributed by atoms with Crippen molar-refractivity contribution in [3.8, 4) is 28.7 Å². The highest BCUT2D eigenvalue weighted by molar-refractivity contribution is 5.86. The van der Waals surface area contributed by atoms with Gasteiger partial charge in [0, 0.05) is 41.3 Å². The van der Waals surface area contributed by atoms with Gasteiger partial charge in [0.25, 0.3) is 0 Å². The Kier molecular flexibility index (Phi) is 14.9. The van der Waals surface area contributed by atoms with Crippen molar-refractivity contribution in [2.75, 3.05) is 0 Å². The largest absolute Gasteiger partial charge is 0.508 e. The van der Waals surface area contributed by atoms with Crippen LogP contribution < -0.4 is 5.63 Å². The maximum absolute atomic E-state index is 10.7. The molecule has 0 radical (unpaired) electrons. The first-order valence-corrected chi connectivity index (χ1v) is 13.8. The fourth-order valence-corrected chi connectivity index (χ4v) is 3.45. The molecule has 13 heteroatoms. The van der Waals surface area contributed by atoms with Crippen LogP contribution in [0.5, 0.6) is 28.7 Å². The Morgan fingerprint density at radius 2 is 1.08 bits per heavy atom. The molecule has 13 nitrogen and oxygen atoms in total. The first-order valence-electron chi connectivity index (χ1n) is 13.8. The second-order valence-corrected chi connectivity index (χ2v) is 9.39. The normalized spacial score (nSPS) is 10.4. The van der Waals surface area contributed by atoms with Crippen molar-refractivity contribution in [2.24, 2.45) is 0 Å². The molecule has 5 rings (SSSR count). The van der Waals surface area contributed by atoms with Crippen LogP contribution in [0.4, 0.5) is 0 Å². The van der Waals surface area contributed by atoms with Crippen molar-refractivity contribution in [3.05, 3.63) is 142 Å². The molecule has 0 spiro atoms. The summed E-state index contributed by atoms with van der Waals surface area (Å²) in [5.41, 5.74) is 1.67. The number of carboxylic acid groups (broad SMARTS) is 3. The van der Waals surface area contributed by atoms with Crippen molar-refractivity contribution in [1.82, 2.24) is 0 Å². The highest BCUT2D eigenvalue weighted by Crippen LogP contribution is 2.25. The molecule has 0 saturated heterocycles. The van der Waals surface area contributed by atoms with Crippen LogP contribution in [0.1, 0.15) is 16.7 Å². The highest BCUT2D eigenvalue weighted by atomic mass is 16.4. The molecule has 0 aliphatic heterocycles. The van der Waals surface area contributed by atoms with Gasteiger partial charge in [-0.25, -0.2) is 19.2 Å². The standard InChI is InChI=1S/C9H8O4.C9H6O3.2C9H8O3/c10-7-3-1-6(5-8(7)11)2-4-9(12)13;10-7-3-1-6-2-4-9(11)12-8(6)5-7;10-8-3-1-2-7(6-8)4-5-9(11)12;10-8-4-2-1-3-7(8)5-6-9(11)12/h1-5,10-11H,(H,12,13);1-5,10H;2*1-6,10H,(H,11,12). The number of rotatable bonds is 6. The third kappa shape index (κ3) is 15.0. The van der Waals surface area contributed by atoms with Gasteiger partial charge in [-0.05, 0) is 77.9 Å².